The Morgan fingerprint density at radius 1 is 1.33 bits per heavy atom. The van der Waals surface area contributed by atoms with Crippen molar-refractivity contribution in [2.24, 2.45) is 0 Å². The molecule has 0 N–H and O–H groups in total. The summed E-state index contributed by atoms with van der Waals surface area (Å²) in [6.07, 6.45) is 1.74. The van der Waals surface area contributed by atoms with E-state index in [0.29, 0.717) is 5.16 Å². The van der Waals surface area contributed by atoms with Gasteiger partial charge >= 0.3 is 5.97 Å². The first-order valence-electron chi connectivity index (χ1n) is 6.12. The average molecular weight is 301 g/mol. The number of aromatic nitrogens is 5. The van der Waals surface area contributed by atoms with Crippen LogP contribution in [0.5, 0.6) is 0 Å². The van der Waals surface area contributed by atoms with Crippen LogP contribution in [0, 0.1) is 0 Å². The Balaban J connectivity index is 1.93. The molecule has 1 aromatic carbocycles. The number of fused-ring (bicyclic) bond motifs is 1. The first-order chi connectivity index (χ1) is 10.3. The first-order valence-corrected chi connectivity index (χ1v) is 6.94. The van der Waals surface area contributed by atoms with Crippen LogP contribution >= 0.6 is 11.8 Å². The summed E-state index contributed by atoms with van der Waals surface area (Å²) >= 11 is 1.31. The maximum atomic E-state index is 11.3. The van der Waals surface area contributed by atoms with Crippen LogP contribution in [0.15, 0.2) is 46.7 Å². The van der Waals surface area contributed by atoms with Gasteiger partial charge in [0.1, 0.15) is 11.6 Å². The summed E-state index contributed by atoms with van der Waals surface area (Å²) in [5.74, 6) is -0.407. The van der Waals surface area contributed by atoms with Gasteiger partial charge in [0.2, 0.25) is 5.16 Å². The third-order valence-electron chi connectivity index (χ3n) is 2.83. The Labute approximate surface area is 124 Å². The number of ether oxygens (including phenoxy) is 1. The Morgan fingerprint density at radius 3 is 3.05 bits per heavy atom. The van der Waals surface area contributed by atoms with Gasteiger partial charge in [0.15, 0.2) is 0 Å². The normalized spacial score (nSPS) is 10.7. The van der Waals surface area contributed by atoms with E-state index >= 15 is 0 Å². The third-order valence-corrected chi connectivity index (χ3v) is 3.82. The largest absolute Gasteiger partial charge is 0.468 e. The van der Waals surface area contributed by atoms with Gasteiger partial charge in [0.25, 0.3) is 0 Å². The number of hydrogen-bond donors (Lipinski definition) is 0. The van der Waals surface area contributed by atoms with E-state index in [9.17, 15) is 4.79 Å². The first kappa shape index (κ1) is 13.5. The highest BCUT2D eigenvalue weighted by molar-refractivity contribution is 7.99. The van der Waals surface area contributed by atoms with E-state index in [-0.39, 0.29) is 6.54 Å². The predicted molar refractivity (Wildman–Crippen MR) is 75.7 cm³/mol. The van der Waals surface area contributed by atoms with Crippen LogP contribution in [0.1, 0.15) is 0 Å². The molecule has 0 saturated heterocycles. The fourth-order valence-electron chi connectivity index (χ4n) is 1.82. The smallest absolute Gasteiger partial charge is 0.327 e. The van der Waals surface area contributed by atoms with Gasteiger partial charge in [0, 0.05) is 11.6 Å². The second kappa shape index (κ2) is 5.88. The fourth-order valence-corrected chi connectivity index (χ4v) is 2.68. The van der Waals surface area contributed by atoms with Crippen molar-refractivity contribution in [3.63, 3.8) is 0 Å². The summed E-state index contributed by atoms with van der Waals surface area (Å²) in [5, 5.41) is 14.7. The minimum Gasteiger partial charge on any atom is -0.468 e. The van der Waals surface area contributed by atoms with Gasteiger partial charge in [-0.3, -0.25) is 4.79 Å². The molecule has 0 spiro atoms. The molecular formula is C13H11N5O2S. The monoisotopic (exact) mass is 301 g/mol. The number of nitrogens with zero attached hydrogens (tertiary/aromatic N) is 5. The average Bonchev–Trinajstić information content (AvgIpc) is 2.94. The second-order valence-electron chi connectivity index (χ2n) is 4.13. The molecule has 2 aromatic heterocycles. The minimum absolute atomic E-state index is 0.0312. The van der Waals surface area contributed by atoms with Crippen molar-refractivity contribution < 1.29 is 9.53 Å². The van der Waals surface area contributed by atoms with E-state index in [0.717, 1.165) is 15.8 Å². The van der Waals surface area contributed by atoms with Gasteiger partial charge in [-0.2, -0.15) is 0 Å². The molecule has 0 unspecified atom stereocenters. The highest BCUT2D eigenvalue weighted by atomic mass is 32.2. The van der Waals surface area contributed by atoms with Gasteiger partial charge in [-0.05, 0) is 33.6 Å². The van der Waals surface area contributed by atoms with Crippen LogP contribution < -0.4 is 0 Å². The van der Waals surface area contributed by atoms with E-state index < -0.39 is 5.97 Å². The van der Waals surface area contributed by atoms with Crippen LogP contribution in [-0.4, -0.2) is 38.3 Å². The Kier molecular flexibility index (Phi) is 3.78. The number of benzene rings is 1. The molecule has 0 aliphatic carbocycles. The molecule has 0 atom stereocenters. The maximum Gasteiger partial charge on any atom is 0.327 e. The summed E-state index contributed by atoms with van der Waals surface area (Å²) in [5.41, 5.74) is 0. The molecule has 7 nitrogen and oxygen atoms in total. The van der Waals surface area contributed by atoms with E-state index in [2.05, 4.69) is 25.2 Å². The summed E-state index contributed by atoms with van der Waals surface area (Å²) in [6, 6.07) is 9.86. The minimum atomic E-state index is -0.407. The number of carbonyl (C=O) groups is 1. The van der Waals surface area contributed by atoms with Gasteiger partial charge in [-0.1, -0.05) is 24.3 Å². The third kappa shape index (κ3) is 2.84. The molecule has 3 aromatic rings. The standard InChI is InChI=1S/C13H11N5O2S/c1-20-11(19)8-18-13(15-16-17-18)21-12-10-5-3-2-4-9(10)6-7-14-12/h2-7H,8H2,1H3. The molecule has 0 radical (unpaired) electrons. The predicted octanol–water partition coefficient (Wildman–Crippen LogP) is 1.55. The highest BCUT2D eigenvalue weighted by Crippen LogP contribution is 2.29. The molecule has 8 heteroatoms. The number of pyridine rings is 1. The van der Waals surface area contributed by atoms with Crippen LogP contribution in [0.25, 0.3) is 10.8 Å². The Morgan fingerprint density at radius 2 is 2.19 bits per heavy atom. The summed E-state index contributed by atoms with van der Waals surface area (Å²) in [7, 11) is 1.33. The SMILES string of the molecule is COC(=O)Cn1nnnc1Sc1nccc2ccccc12. The molecule has 0 bridgehead atoms. The van der Waals surface area contributed by atoms with Crippen molar-refractivity contribution in [1.29, 1.82) is 0 Å². The molecule has 106 valence electrons. The quantitative estimate of drug-likeness (QED) is 0.676. The molecular weight excluding hydrogens is 290 g/mol. The lowest BCUT2D eigenvalue weighted by atomic mass is 10.2. The number of carbonyl (C=O) groups excluding carboxylic acids is 1. The number of esters is 1. The van der Waals surface area contributed by atoms with Crippen molar-refractivity contribution in [2.45, 2.75) is 16.7 Å². The molecule has 3 rings (SSSR count). The molecule has 0 aliphatic rings. The summed E-state index contributed by atoms with van der Waals surface area (Å²) in [6.45, 7) is -0.0312. The maximum absolute atomic E-state index is 11.3. The van der Waals surface area contributed by atoms with Crippen molar-refractivity contribution in [2.75, 3.05) is 7.11 Å². The van der Waals surface area contributed by atoms with E-state index in [1.54, 1.807) is 6.20 Å². The van der Waals surface area contributed by atoms with Gasteiger partial charge in [-0.25, -0.2) is 9.67 Å². The van der Waals surface area contributed by atoms with Crippen LogP contribution in [-0.2, 0) is 16.1 Å². The van der Waals surface area contributed by atoms with E-state index in [4.69, 9.17) is 0 Å². The number of tetrazole rings is 1. The zero-order valence-electron chi connectivity index (χ0n) is 11.1. The Hall–Kier alpha value is -2.48. The molecule has 0 saturated carbocycles. The lowest BCUT2D eigenvalue weighted by molar-refractivity contribution is -0.141. The van der Waals surface area contributed by atoms with Gasteiger partial charge < -0.3 is 4.74 Å². The second-order valence-corrected chi connectivity index (χ2v) is 5.09. The zero-order valence-corrected chi connectivity index (χ0v) is 11.9. The molecule has 2 heterocycles. The van der Waals surface area contributed by atoms with Crippen molar-refractivity contribution in [3.05, 3.63) is 36.5 Å². The number of rotatable bonds is 4. The van der Waals surface area contributed by atoms with Crippen LogP contribution in [0.3, 0.4) is 0 Å². The number of hydrogen-bond acceptors (Lipinski definition) is 7. The molecule has 0 fully saturated rings. The molecule has 0 aliphatic heterocycles. The lowest BCUT2D eigenvalue weighted by Gasteiger charge is -2.05. The molecule has 21 heavy (non-hydrogen) atoms. The van der Waals surface area contributed by atoms with E-state index in [1.807, 2.05) is 30.3 Å². The highest BCUT2D eigenvalue weighted by Gasteiger charge is 2.14. The zero-order chi connectivity index (χ0) is 14.7. The summed E-state index contributed by atoms with van der Waals surface area (Å²) < 4.78 is 6.01. The summed E-state index contributed by atoms with van der Waals surface area (Å²) in [4.78, 5) is 15.7. The van der Waals surface area contributed by atoms with E-state index in [1.165, 1.54) is 23.6 Å². The Bertz CT molecular complexity index is 784. The van der Waals surface area contributed by atoms with Crippen molar-refractivity contribution in [1.82, 2.24) is 25.2 Å². The fraction of sp³-hybridized carbons (Fsp3) is 0.154. The van der Waals surface area contributed by atoms with Crippen molar-refractivity contribution >= 4 is 28.5 Å². The topological polar surface area (TPSA) is 82.8 Å². The van der Waals surface area contributed by atoms with Gasteiger partial charge in [0.05, 0.1) is 7.11 Å². The van der Waals surface area contributed by atoms with Crippen LogP contribution in [0.4, 0.5) is 0 Å². The van der Waals surface area contributed by atoms with Crippen LogP contribution in [0.2, 0.25) is 0 Å². The number of methoxy groups -OCH3 is 1. The van der Waals surface area contributed by atoms with Crippen molar-refractivity contribution in [3.8, 4) is 0 Å². The van der Waals surface area contributed by atoms with Gasteiger partial charge in [-0.15, -0.1) is 5.10 Å². The molecule has 0 amide bonds. The lowest BCUT2D eigenvalue weighted by Crippen LogP contribution is -2.13.